The molecule has 102 valence electrons. The van der Waals surface area contributed by atoms with Crippen molar-refractivity contribution in [3.63, 3.8) is 0 Å². The van der Waals surface area contributed by atoms with Gasteiger partial charge in [0.05, 0.1) is 5.60 Å². The van der Waals surface area contributed by atoms with E-state index in [1.807, 2.05) is 0 Å². The lowest BCUT2D eigenvalue weighted by atomic mass is 9.88. The van der Waals surface area contributed by atoms with Crippen molar-refractivity contribution in [1.29, 1.82) is 0 Å². The van der Waals surface area contributed by atoms with Crippen molar-refractivity contribution in [2.45, 2.75) is 71.1 Å². The van der Waals surface area contributed by atoms with E-state index >= 15 is 0 Å². The van der Waals surface area contributed by atoms with Gasteiger partial charge in [-0.05, 0) is 38.5 Å². The Morgan fingerprint density at radius 2 is 2.18 bits per heavy atom. The number of aliphatic hydroxyl groups is 1. The van der Waals surface area contributed by atoms with Gasteiger partial charge in [0, 0.05) is 25.3 Å². The number of aliphatic hydroxyl groups excluding tert-OH is 1. The Balaban J connectivity index is 2.49. The lowest BCUT2D eigenvalue weighted by molar-refractivity contribution is -0.0798. The molecule has 17 heavy (non-hydrogen) atoms. The molecule has 0 aromatic rings. The maximum atomic E-state index is 9.10. The molecule has 0 aromatic carbocycles. The predicted molar refractivity (Wildman–Crippen MR) is 71.1 cm³/mol. The van der Waals surface area contributed by atoms with Gasteiger partial charge in [0.15, 0.2) is 0 Å². The zero-order chi connectivity index (χ0) is 12.9. The molecule has 0 spiro atoms. The van der Waals surface area contributed by atoms with Gasteiger partial charge in [-0.15, -0.1) is 0 Å². The van der Waals surface area contributed by atoms with Crippen molar-refractivity contribution in [2.24, 2.45) is 5.92 Å². The average Bonchev–Trinajstić information content (AvgIpc) is 2.28. The smallest absolute Gasteiger partial charge is 0.0666 e. The molecule has 0 bridgehead atoms. The van der Waals surface area contributed by atoms with Gasteiger partial charge in [-0.3, -0.25) is 0 Å². The van der Waals surface area contributed by atoms with Crippen LogP contribution in [0.3, 0.4) is 0 Å². The Labute approximate surface area is 106 Å². The third-order valence-electron chi connectivity index (χ3n) is 4.04. The fourth-order valence-corrected chi connectivity index (χ4v) is 2.57. The highest BCUT2D eigenvalue weighted by Gasteiger charge is 2.32. The number of hydrogen-bond donors (Lipinski definition) is 2. The number of ether oxygens (including phenoxy) is 1. The highest BCUT2D eigenvalue weighted by molar-refractivity contribution is 4.87. The summed E-state index contributed by atoms with van der Waals surface area (Å²) in [6.07, 6.45) is 4.08. The zero-order valence-corrected chi connectivity index (χ0v) is 11.8. The van der Waals surface area contributed by atoms with Crippen LogP contribution in [0.1, 0.15) is 53.4 Å². The summed E-state index contributed by atoms with van der Waals surface area (Å²) in [7, 11) is 0. The summed E-state index contributed by atoms with van der Waals surface area (Å²) in [5.41, 5.74) is 0.0384. The Kier molecular flexibility index (Phi) is 5.90. The molecule has 1 aliphatic heterocycles. The fourth-order valence-electron chi connectivity index (χ4n) is 2.57. The predicted octanol–water partition coefficient (Wildman–Crippen LogP) is 2.33. The molecule has 0 radical (unpaired) electrons. The first-order valence-corrected chi connectivity index (χ1v) is 7.01. The second kappa shape index (κ2) is 6.72. The van der Waals surface area contributed by atoms with E-state index in [4.69, 9.17) is 9.84 Å². The molecule has 2 N–H and O–H groups in total. The van der Waals surface area contributed by atoms with Gasteiger partial charge in [-0.2, -0.15) is 0 Å². The van der Waals surface area contributed by atoms with Crippen LogP contribution in [0.4, 0.5) is 0 Å². The van der Waals surface area contributed by atoms with Gasteiger partial charge in [0.25, 0.3) is 0 Å². The summed E-state index contributed by atoms with van der Waals surface area (Å²) in [4.78, 5) is 0. The van der Waals surface area contributed by atoms with E-state index in [0.717, 1.165) is 32.3 Å². The standard InChI is InChI=1S/C14H29NO2/c1-5-14(4)10-12(7-9-17-14)15-13(6-8-16)11(2)3/h11-13,15-16H,5-10H2,1-4H3. The topological polar surface area (TPSA) is 41.5 Å². The van der Waals surface area contributed by atoms with Gasteiger partial charge in [-0.1, -0.05) is 20.8 Å². The number of nitrogens with one attached hydrogen (secondary N) is 1. The minimum atomic E-state index is 0.0384. The van der Waals surface area contributed by atoms with Crippen LogP contribution in [0.15, 0.2) is 0 Å². The van der Waals surface area contributed by atoms with Crippen LogP contribution in [0.2, 0.25) is 0 Å². The SMILES string of the molecule is CCC1(C)CC(NC(CCO)C(C)C)CCO1. The molecule has 3 unspecified atom stereocenters. The Bertz CT molecular complexity index is 220. The van der Waals surface area contributed by atoms with Crippen LogP contribution in [0.5, 0.6) is 0 Å². The normalized spacial score (nSPS) is 31.8. The maximum absolute atomic E-state index is 9.10. The molecular weight excluding hydrogens is 214 g/mol. The van der Waals surface area contributed by atoms with Gasteiger partial charge < -0.3 is 15.2 Å². The van der Waals surface area contributed by atoms with E-state index in [1.165, 1.54) is 0 Å². The first-order chi connectivity index (χ1) is 8.00. The fraction of sp³-hybridized carbons (Fsp3) is 1.00. The summed E-state index contributed by atoms with van der Waals surface area (Å²) in [5, 5.41) is 12.8. The van der Waals surface area contributed by atoms with Gasteiger partial charge in [-0.25, -0.2) is 0 Å². The molecule has 0 amide bonds. The molecule has 3 nitrogen and oxygen atoms in total. The summed E-state index contributed by atoms with van der Waals surface area (Å²) >= 11 is 0. The second-order valence-electron chi connectivity index (χ2n) is 5.87. The van der Waals surface area contributed by atoms with Gasteiger partial charge in [0.2, 0.25) is 0 Å². The lowest BCUT2D eigenvalue weighted by Gasteiger charge is -2.40. The van der Waals surface area contributed by atoms with Crippen LogP contribution in [-0.2, 0) is 4.74 Å². The highest BCUT2D eigenvalue weighted by Crippen LogP contribution is 2.28. The molecule has 1 rings (SSSR count). The van der Waals surface area contributed by atoms with Crippen LogP contribution in [0.25, 0.3) is 0 Å². The van der Waals surface area contributed by atoms with Crippen molar-refractivity contribution in [1.82, 2.24) is 5.32 Å². The zero-order valence-electron chi connectivity index (χ0n) is 11.8. The molecule has 1 fully saturated rings. The average molecular weight is 243 g/mol. The highest BCUT2D eigenvalue weighted by atomic mass is 16.5. The molecule has 1 aliphatic rings. The summed E-state index contributed by atoms with van der Waals surface area (Å²) in [6.45, 7) is 9.95. The van der Waals surface area contributed by atoms with Crippen LogP contribution in [0, 0.1) is 5.92 Å². The summed E-state index contributed by atoms with van der Waals surface area (Å²) in [5.74, 6) is 0.567. The minimum Gasteiger partial charge on any atom is -0.396 e. The Hall–Kier alpha value is -0.120. The van der Waals surface area contributed by atoms with E-state index in [2.05, 4.69) is 33.0 Å². The third-order valence-corrected chi connectivity index (χ3v) is 4.04. The number of hydrogen-bond acceptors (Lipinski definition) is 3. The van der Waals surface area contributed by atoms with Gasteiger partial charge in [0.1, 0.15) is 0 Å². The molecule has 3 atom stereocenters. The van der Waals surface area contributed by atoms with Crippen LogP contribution < -0.4 is 5.32 Å². The third kappa shape index (κ3) is 4.57. The van der Waals surface area contributed by atoms with Crippen molar-refractivity contribution < 1.29 is 9.84 Å². The molecule has 3 heteroatoms. The molecular formula is C14H29NO2. The maximum Gasteiger partial charge on any atom is 0.0666 e. The van der Waals surface area contributed by atoms with Crippen molar-refractivity contribution >= 4 is 0 Å². The molecule has 1 heterocycles. The van der Waals surface area contributed by atoms with Gasteiger partial charge >= 0.3 is 0 Å². The van der Waals surface area contributed by atoms with E-state index in [1.54, 1.807) is 0 Å². The van der Waals surface area contributed by atoms with Crippen molar-refractivity contribution in [3.05, 3.63) is 0 Å². The first-order valence-electron chi connectivity index (χ1n) is 7.01. The summed E-state index contributed by atoms with van der Waals surface area (Å²) < 4.78 is 5.86. The first kappa shape index (κ1) is 14.9. The molecule has 0 aromatic heterocycles. The van der Waals surface area contributed by atoms with E-state index in [9.17, 15) is 0 Å². The minimum absolute atomic E-state index is 0.0384. The molecule has 0 aliphatic carbocycles. The summed E-state index contributed by atoms with van der Waals surface area (Å²) in [6, 6.07) is 0.955. The Morgan fingerprint density at radius 3 is 2.71 bits per heavy atom. The van der Waals surface area contributed by atoms with Crippen LogP contribution in [-0.4, -0.2) is 36.0 Å². The lowest BCUT2D eigenvalue weighted by Crippen LogP contribution is -2.49. The van der Waals surface area contributed by atoms with E-state index < -0.39 is 0 Å². The van der Waals surface area contributed by atoms with E-state index in [0.29, 0.717) is 18.0 Å². The quantitative estimate of drug-likeness (QED) is 0.752. The van der Waals surface area contributed by atoms with Crippen molar-refractivity contribution in [2.75, 3.05) is 13.2 Å². The number of rotatable bonds is 6. The largest absolute Gasteiger partial charge is 0.396 e. The second-order valence-corrected chi connectivity index (χ2v) is 5.87. The molecule has 1 saturated heterocycles. The van der Waals surface area contributed by atoms with Crippen LogP contribution >= 0.6 is 0 Å². The monoisotopic (exact) mass is 243 g/mol. The Morgan fingerprint density at radius 1 is 1.47 bits per heavy atom. The van der Waals surface area contributed by atoms with Crippen molar-refractivity contribution in [3.8, 4) is 0 Å². The molecule has 0 saturated carbocycles. The van der Waals surface area contributed by atoms with E-state index in [-0.39, 0.29) is 12.2 Å².